The van der Waals surface area contributed by atoms with Gasteiger partial charge >= 0.3 is 0 Å². The van der Waals surface area contributed by atoms with Crippen molar-refractivity contribution >= 4 is 0 Å². The van der Waals surface area contributed by atoms with E-state index in [1.165, 1.54) is 0 Å². The Morgan fingerprint density at radius 2 is 2.29 bits per heavy atom. The van der Waals surface area contributed by atoms with E-state index in [9.17, 15) is 0 Å². The number of hydrogen-bond donors (Lipinski definition) is 0. The van der Waals surface area contributed by atoms with Crippen molar-refractivity contribution in [2.75, 3.05) is 0 Å². The summed E-state index contributed by atoms with van der Waals surface area (Å²) < 4.78 is 1.61. The molecule has 0 N–H and O–H groups in total. The summed E-state index contributed by atoms with van der Waals surface area (Å²) in [6.45, 7) is 2.28. The third-order valence-corrected chi connectivity index (χ3v) is 2.57. The molecule has 3 nitrogen and oxygen atoms in total. The van der Waals surface area contributed by atoms with Crippen molar-refractivity contribution < 1.29 is 0 Å². The maximum atomic E-state index is 8.59. The summed E-state index contributed by atoms with van der Waals surface area (Å²) in [4.78, 5) is 0. The molecule has 0 amide bonds. The fourth-order valence-electron chi connectivity index (χ4n) is 1.74. The maximum absolute atomic E-state index is 8.59. The number of rotatable bonds is 2. The van der Waals surface area contributed by atoms with E-state index in [1.807, 2.05) is 31.3 Å². The van der Waals surface area contributed by atoms with Crippen LogP contribution in [0.2, 0.25) is 0 Å². The number of nitriles is 1. The lowest BCUT2D eigenvalue weighted by Crippen LogP contribution is -1.94. The minimum atomic E-state index is 0.265. The summed E-state index contributed by atoms with van der Waals surface area (Å²) in [5, 5.41) is 12.7. The van der Waals surface area contributed by atoms with Crippen molar-refractivity contribution in [1.29, 1.82) is 5.26 Å². The van der Waals surface area contributed by atoms with Gasteiger partial charge in [-0.3, -0.25) is 4.68 Å². The van der Waals surface area contributed by atoms with Crippen molar-refractivity contribution in [1.82, 2.24) is 9.78 Å². The molecule has 82 valence electrons. The Hall–Kier alpha value is -2.52. The average molecular weight is 221 g/mol. The van der Waals surface area contributed by atoms with Crippen molar-refractivity contribution in [3.63, 3.8) is 0 Å². The highest BCUT2D eigenvalue weighted by atomic mass is 15.3. The van der Waals surface area contributed by atoms with Gasteiger partial charge in [-0.25, -0.2) is 0 Å². The molecule has 0 saturated carbocycles. The van der Waals surface area contributed by atoms with Gasteiger partial charge in [-0.1, -0.05) is 12.0 Å². The highest BCUT2D eigenvalue weighted by Gasteiger charge is 2.05. The summed E-state index contributed by atoms with van der Waals surface area (Å²) >= 11 is 0. The third-order valence-electron chi connectivity index (χ3n) is 2.57. The monoisotopic (exact) mass is 221 g/mol. The molecule has 0 spiro atoms. The Labute approximate surface area is 100 Å². The molecule has 0 unspecified atom stereocenters. The number of benzene rings is 1. The van der Waals surface area contributed by atoms with Crippen LogP contribution in [0.25, 0.3) is 11.1 Å². The highest BCUT2D eigenvalue weighted by molar-refractivity contribution is 5.67. The normalized spacial score (nSPS) is 9.59. The zero-order valence-corrected chi connectivity index (χ0v) is 9.51. The largest absolute Gasteiger partial charge is 0.258 e. The zero-order chi connectivity index (χ0) is 12.3. The highest BCUT2D eigenvalue weighted by Crippen LogP contribution is 2.23. The summed E-state index contributed by atoms with van der Waals surface area (Å²) in [6.07, 6.45) is 8.97. The molecule has 0 atom stereocenters. The smallest absolute Gasteiger partial charge is 0.128 e. The van der Waals surface area contributed by atoms with Crippen LogP contribution >= 0.6 is 0 Å². The van der Waals surface area contributed by atoms with Crippen LogP contribution in [0.4, 0.5) is 0 Å². The Morgan fingerprint density at radius 1 is 1.47 bits per heavy atom. The van der Waals surface area contributed by atoms with Gasteiger partial charge in [0.1, 0.15) is 6.54 Å². The van der Waals surface area contributed by atoms with Crippen LogP contribution in [0.15, 0.2) is 30.6 Å². The number of nitrogens with zero attached hydrogens (tertiary/aromatic N) is 3. The van der Waals surface area contributed by atoms with E-state index in [0.29, 0.717) is 0 Å². The molecule has 1 aromatic carbocycles. The molecule has 0 bridgehead atoms. The predicted octanol–water partition coefficient (Wildman–Crippen LogP) is 2.36. The topological polar surface area (TPSA) is 41.6 Å². The second-order valence-corrected chi connectivity index (χ2v) is 3.76. The van der Waals surface area contributed by atoms with Gasteiger partial charge in [0.2, 0.25) is 0 Å². The summed E-state index contributed by atoms with van der Waals surface area (Å²) in [7, 11) is 0. The second kappa shape index (κ2) is 4.55. The molecule has 0 radical (unpaired) electrons. The molecule has 1 heterocycles. The van der Waals surface area contributed by atoms with Gasteiger partial charge in [-0.15, -0.1) is 6.42 Å². The van der Waals surface area contributed by atoms with Crippen molar-refractivity contribution in [2.24, 2.45) is 0 Å². The van der Waals surface area contributed by atoms with E-state index in [2.05, 4.69) is 17.1 Å². The van der Waals surface area contributed by atoms with E-state index in [-0.39, 0.29) is 6.54 Å². The molecular formula is C14H11N3. The van der Waals surface area contributed by atoms with Crippen molar-refractivity contribution in [3.8, 4) is 29.5 Å². The SMILES string of the molecule is C#Cc1ccc(-c2cnn(CC#N)c2)c(C)c1. The Balaban J connectivity index is 2.40. The standard InChI is InChI=1S/C14H11N3/c1-3-12-4-5-14(11(2)8-12)13-9-16-17(10-13)7-6-15/h1,4-5,8-10H,7H2,2H3. The average Bonchev–Trinajstić information content (AvgIpc) is 2.78. The molecule has 0 aliphatic rings. The molecule has 0 fully saturated rings. The van der Waals surface area contributed by atoms with Crippen LogP contribution in [0.1, 0.15) is 11.1 Å². The van der Waals surface area contributed by atoms with Gasteiger partial charge in [-0.2, -0.15) is 10.4 Å². The minimum Gasteiger partial charge on any atom is -0.258 e. The van der Waals surface area contributed by atoms with E-state index >= 15 is 0 Å². The molecule has 0 aliphatic carbocycles. The van der Waals surface area contributed by atoms with Crippen LogP contribution in [0.5, 0.6) is 0 Å². The van der Waals surface area contributed by atoms with E-state index < -0.39 is 0 Å². The molecule has 3 heteroatoms. The first-order valence-electron chi connectivity index (χ1n) is 5.21. The quantitative estimate of drug-likeness (QED) is 0.730. The van der Waals surface area contributed by atoms with Crippen molar-refractivity contribution in [3.05, 3.63) is 41.7 Å². The van der Waals surface area contributed by atoms with Crippen LogP contribution in [-0.2, 0) is 6.54 Å². The van der Waals surface area contributed by atoms with Gasteiger partial charge in [0, 0.05) is 17.3 Å². The maximum Gasteiger partial charge on any atom is 0.128 e. The van der Waals surface area contributed by atoms with Gasteiger partial charge in [0.05, 0.1) is 12.3 Å². The molecule has 1 aromatic heterocycles. The lowest BCUT2D eigenvalue weighted by molar-refractivity contribution is 0.710. The van der Waals surface area contributed by atoms with Crippen molar-refractivity contribution in [2.45, 2.75) is 13.5 Å². The van der Waals surface area contributed by atoms with Gasteiger partial charge in [0.25, 0.3) is 0 Å². The van der Waals surface area contributed by atoms with Gasteiger partial charge < -0.3 is 0 Å². The Kier molecular flexibility index (Phi) is 2.94. The number of aryl methyl sites for hydroxylation is 1. The van der Waals surface area contributed by atoms with Crippen LogP contribution in [-0.4, -0.2) is 9.78 Å². The first kappa shape index (κ1) is 11.0. The van der Waals surface area contributed by atoms with Crippen LogP contribution in [0.3, 0.4) is 0 Å². The summed E-state index contributed by atoms with van der Waals surface area (Å²) in [5.41, 5.74) is 4.07. The van der Waals surface area contributed by atoms with Gasteiger partial charge in [0.15, 0.2) is 0 Å². The fourth-order valence-corrected chi connectivity index (χ4v) is 1.74. The Bertz CT molecular complexity index is 624. The van der Waals surface area contributed by atoms with E-state index in [4.69, 9.17) is 11.7 Å². The summed E-state index contributed by atoms with van der Waals surface area (Å²) in [5.74, 6) is 2.61. The summed E-state index contributed by atoms with van der Waals surface area (Å²) in [6, 6.07) is 7.92. The number of terminal acetylenes is 1. The van der Waals surface area contributed by atoms with E-state index in [1.54, 1.807) is 10.9 Å². The molecule has 0 aliphatic heterocycles. The molecule has 17 heavy (non-hydrogen) atoms. The molecule has 2 aromatic rings. The second-order valence-electron chi connectivity index (χ2n) is 3.76. The Morgan fingerprint density at radius 3 is 2.94 bits per heavy atom. The minimum absolute atomic E-state index is 0.265. The van der Waals surface area contributed by atoms with Crippen LogP contribution in [0, 0.1) is 30.6 Å². The fraction of sp³-hybridized carbons (Fsp3) is 0.143. The molecule has 2 rings (SSSR count). The first-order chi connectivity index (χ1) is 8.24. The number of hydrogen-bond acceptors (Lipinski definition) is 2. The molecular weight excluding hydrogens is 210 g/mol. The van der Waals surface area contributed by atoms with Crippen LogP contribution < -0.4 is 0 Å². The van der Waals surface area contributed by atoms with E-state index in [0.717, 1.165) is 22.3 Å². The van der Waals surface area contributed by atoms with Gasteiger partial charge in [-0.05, 0) is 30.2 Å². The lowest BCUT2D eigenvalue weighted by atomic mass is 10.0. The predicted molar refractivity (Wildman–Crippen MR) is 65.9 cm³/mol. The third kappa shape index (κ3) is 2.19. The lowest BCUT2D eigenvalue weighted by Gasteiger charge is -2.03. The zero-order valence-electron chi connectivity index (χ0n) is 9.51. The first-order valence-corrected chi connectivity index (χ1v) is 5.21. The number of aromatic nitrogens is 2. The molecule has 0 saturated heterocycles.